The number of carbonyl (C=O) groups excluding carboxylic acids is 5. The largest absolute Gasteiger partial charge is 0.480 e. The lowest BCUT2D eigenvalue weighted by atomic mass is 10.0. The molecule has 0 aromatic rings. The summed E-state index contributed by atoms with van der Waals surface area (Å²) in [6, 6.07) is -3.65. The van der Waals surface area contributed by atoms with E-state index in [0.717, 1.165) is 0 Å². The Balaban J connectivity index is 4.92. The molecule has 5 amide bonds. The summed E-state index contributed by atoms with van der Waals surface area (Å²) in [5.74, 6) is -5.13. The van der Waals surface area contributed by atoms with Gasteiger partial charge in [0.05, 0.1) is 19.0 Å². The van der Waals surface area contributed by atoms with Gasteiger partial charge in [-0.25, -0.2) is 4.79 Å². The Morgan fingerprint density at radius 2 is 1.50 bits per heavy atom. The van der Waals surface area contributed by atoms with Crippen molar-refractivity contribution in [2.75, 3.05) is 6.54 Å². The summed E-state index contributed by atoms with van der Waals surface area (Å²) < 4.78 is 0. The van der Waals surface area contributed by atoms with Gasteiger partial charge in [0.2, 0.25) is 29.5 Å². The number of aliphatic carboxylic acids is 1. The number of carbonyl (C=O) groups is 6. The zero-order valence-corrected chi connectivity index (χ0v) is 17.0. The average Bonchev–Trinajstić information content (AvgIpc) is 2.60. The Kier molecular flexibility index (Phi) is 11.7. The van der Waals surface area contributed by atoms with Gasteiger partial charge in [-0.3, -0.25) is 24.0 Å². The first kappa shape index (κ1) is 26.8. The molecule has 0 radical (unpaired) electrons. The van der Waals surface area contributed by atoms with Crippen molar-refractivity contribution < 1.29 is 33.9 Å². The summed E-state index contributed by atoms with van der Waals surface area (Å²) in [5, 5.41) is 16.1. The van der Waals surface area contributed by atoms with E-state index in [0.29, 0.717) is 0 Å². The van der Waals surface area contributed by atoms with Crippen LogP contribution < -0.4 is 33.2 Å². The number of nitrogens with two attached hydrogens (primary N) is 3. The number of hydrogen-bond acceptors (Lipinski definition) is 7. The smallest absolute Gasteiger partial charge is 0.326 e. The maximum Gasteiger partial charge on any atom is 0.326 e. The number of hydrogen-bond donors (Lipinski definition) is 7. The summed E-state index contributed by atoms with van der Waals surface area (Å²) in [6.07, 6.45) is -0.648. The number of nitrogens with one attached hydrogen (secondary N) is 3. The predicted octanol–water partition coefficient (Wildman–Crippen LogP) is -3.33. The van der Waals surface area contributed by atoms with E-state index in [1.165, 1.54) is 0 Å². The first-order valence-electron chi connectivity index (χ1n) is 9.25. The molecule has 0 saturated carbocycles. The van der Waals surface area contributed by atoms with Gasteiger partial charge in [0.25, 0.3) is 0 Å². The van der Waals surface area contributed by atoms with Crippen LogP contribution in [-0.2, 0) is 28.8 Å². The second kappa shape index (κ2) is 13.1. The van der Waals surface area contributed by atoms with Crippen molar-refractivity contribution >= 4 is 35.5 Å². The normalized spacial score (nSPS) is 13.6. The summed E-state index contributed by atoms with van der Waals surface area (Å²) in [6.45, 7) is 3.06. The van der Waals surface area contributed by atoms with Crippen LogP contribution >= 0.6 is 0 Å². The van der Waals surface area contributed by atoms with E-state index in [9.17, 15) is 33.9 Å². The maximum atomic E-state index is 12.5. The second-order valence-electron chi connectivity index (χ2n) is 7.15. The van der Waals surface area contributed by atoms with Crippen LogP contribution in [0.4, 0.5) is 0 Å². The highest BCUT2D eigenvalue weighted by Crippen LogP contribution is 2.07. The molecule has 0 rings (SSSR count). The molecular formula is C17H30N6O7. The minimum atomic E-state index is -1.36. The molecule has 0 aliphatic heterocycles. The fourth-order valence-corrected chi connectivity index (χ4v) is 2.37. The number of primary amides is 2. The van der Waals surface area contributed by atoms with Crippen molar-refractivity contribution in [3.63, 3.8) is 0 Å². The van der Waals surface area contributed by atoms with Crippen molar-refractivity contribution in [3.05, 3.63) is 0 Å². The van der Waals surface area contributed by atoms with Crippen LogP contribution in [-0.4, -0.2) is 65.3 Å². The zero-order chi connectivity index (χ0) is 23.4. The van der Waals surface area contributed by atoms with Gasteiger partial charge in [0, 0.05) is 6.42 Å². The van der Waals surface area contributed by atoms with Gasteiger partial charge >= 0.3 is 5.97 Å². The van der Waals surface area contributed by atoms with Gasteiger partial charge in [-0.2, -0.15) is 0 Å². The van der Waals surface area contributed by atoms with Crippen molar-refractivity contribution in [1.29, 1.82) is 0 Å². The van der Waals surface area contributed by atoms with E-state index < -0.39 is 66.6 Å². The summed E-state index contributed by atoms with van der Waals surface area (Å²) >= 11 is 0. The molecular weight excluding hydrogens is 400 g/mol. The molecule has 0 saturated heterocycles. The molecule has 0 aromatic heterocycles. The Morgan fingerprint density at radius 3 is 1.97 bits per heavy atom. The summed E-state index contributed by atoms with van der Waals surface area (Å²) in [5.41, 5.74) is 15.4. The van der Waals surface area contributed by atoms with Crippen molar-refractivity contribution in [2.24, 2.45) is 23.1 Å². The minimum absolute atomic E-state index is 0.0338. The monoisotopic (exact) mass is 430 g/mol. The van der Waals surface area contributed by atoms with Crippen molar-refractivity contribution in [1.82, 2.24) is 16.0 Å². The molecule has 3 atom stereocenters. The molecule has 0 spiro atoms. The van der Waals surface area contributed by atoms with E-state index in [1.54, 1.807) is 13.8 Å². The Labute approximate surface area is 173 Å². The van der Waals surface area contributed by atoms with Gasteiger partial charge in [0.1, 0.15) is 12.1 Å². The number of rotatable bonds is 14. The van der Waals surface area contributed by atoms with Crippen LogP contribution in [0.2, 0.25) is 0 Å². The molecule has 13 heteroatoms. The Hall–Kier alpha value is -3.22. The molecule has 3 unspecified atom stereocenters. The van der Waals surface area contributed by atoms with Gasteiger partial charge in [-0.15, -0.1) is 0 Å². The van der Waals surface area contributed by atoms with Crippen molar-refractivity contribution in [3.8, 4) is 0 Å². The predicted molar refractivity (Wildman–Crippen MR) is 104 cm³/mol. The quantitative estimate of drug-likeness (QED) is 0.147. The summed E-state index contributed by atoms with van der Waals surface area (Å²) in [7, 11) is 0. The Bertz CT molecular complexity index is 667. The number of amides is 5. The van der Waals surface area contributed by atoms with Crippen LogP contribution in [0.15, 0.2) is 0 Å². The molecule has 0 aliphatic rings. The lowest BCUT2D eigenvalue weighted by Gasteiger charge is -2.23. The highest BCUT2D eigenvalue weighted by Gasteiger charge is 2.27. The molecule has 170 valence electrons. The fraction of sp³-hybridized carbons (Fsp3) is 0.647. The van der Waals surface area contributed by atoms with Crippen LogP contribution in [0, 0.1) is 5.92 Å². The number of carboxylic acids is 1. The van der Waals surface area contributed by atoms with E-state index in [4.69, 9.17) is 17.2 Å². The third-order valence-corrected chi connectivity index (χ3v) is 3.83. The third kappa shape index (κ3) is 11.6. The highest BCUT2D eigenvalue weighted by molar-refractivity contribution is 5.93. The molecule has 0 heterocycles. The van der Waals surface area contributed by atoms with Crippen LogP contribution in [0.25, 0.3) is 0 Å². The molecule has 30 heavy (non-hydrogen) atoms. The second-order valence-corrected chi connectivity index (χ2v) is 7.15. The zero-order valence-electron chi connectivity index (χ0n) is 17.0. The van der Waals surface area contributed by atoms with Crippen LogP contribution in [0.3, 0.4) is 0 Å². The van der Waals surface area contributed by atoms with Gasteiger partial charge in [0.15, 0.2) is 0 Å². The van der Waals surface area contributed by atoms with E-state index >= 15 is 0 Å². The molecule has 0 bridgehead atoms. The van der Waals surface area contributed by atoms with Crippen molar-refractivity contribution in [2.45, 2.75) is 57.7 Å². The SMILES string of the molecule is CC(C)CC(NC(=O)CNC(=O)C(N)CC(N)=O)C(=O)NC(CCC(N)=O)C(=O)O. The van der Waals surface area contributed by atoms with E-state index in [-0.39, 0.29) is 25.2 Å². The molecule has 10 N–H and O–H groups in total. The topological polar surface area (TPSA) is 237 Å². The first-order valence-corrected chi connectivity index (χ1v) is 9.25. The first-order chi connectivity index (χ1) is 13.8. The van der Waals surface area contributed by atoms with E-state index in [2.05, 4.69) is 16.0 Å². The molecule has 0 fully saturated rings. The lowest BCUT2D eigenvalue weighted by molar-refractivity contribution is -0.142. The van der Waals surface area contributed by atoms with E-state index in [1.807, 2.05) is 0 Å². The highest BCUT2D eigenvalue weighted by atomic mass is 16.4. The Morgan fingerprint density at radius 1 is 0.900 bits per heavy atom. The number of carboxylic acid groups (broad SMARTS) is 1. The average molecular weight is 430 g/mol. The van der Waals surface area contributed by atoms with Crippen LogP contribution in [0.5, 0.6) is 0 Å². The lowest BCUT2D eigenvalue weighted by Crippen LogP contribution is -2.54. The summed E-state index contributed by atoms with van der Waals surface area (Å²) in [4.78, 5) is 69.2. The third-order valence-electron chi connectivity index (χ3n) is 3.83. The van der Waals surface area contributed by atoms with Gasteiger partial charge < -0.3 is 38.3 Å². The fourth-order valence-electron chi connectivity index (χ4n) is 2.37. The maximum absolute atomic E-state index is 12.5. The standard InChI is InChI=1S/C17H30N6O7/c1-8(2)5-11(16(28)23-10(17(29)30)3-4-12(19)24)22-14(26)7-21-15(27)9(18)6-13(20)25/h8-11H,3-7,18H2,1-2H3,(H2,19,24)(H2,20,25)(H,21,27)(H,22,26)(H,23,28)(H,29,30). The van der Waals surface area contributed by atoms with Gasteiger partial charge in [-0.1, -0.05) is 13.8 Å². The van der Waals surface area contributed by atoms with Crippen LogP contribution in [0.1, 0.15) is 39.5 Å². The molecule has 0 aliphatic carbocycles. The minimum Gasteiger partial charge on any atom is -0.480 e. The molecule has 0 aromatic carbocycles. The molecule has 13 nitrogen and oxygen atoms in total. The van der Waals surface area contributed by atoms with Gasteiger partial charge in [-0.05, 0) is 18.8 Å².